The van der Waals surface area contributed by atoms with E-state index in [1.165, 1.54) is 11.8 Å². The number of aliphatic hydroxyl groups excluding tert-OH is 1. The summed E-state index contributed by atoms with van der Waals surface area (Å²) in [4.78, 5) is 26.1. The molecule has 0 bridgehead atoms. The fourth-order valence-electron chi connectivity index (χ4n) is 2.90. The molecular weight excluding hydrogens is 326 g/mol. The Kier molecular flexibility index (Phi) is 4.16. The molecule has 3 rings (SSSR count). The second-order valence-corrected chi connectivity index (χ2v) is 6.22. The Morgan fingerprint density at radius 1 is 1.08 bits per heavy atom. The van der Waals surface area contributed by atoms with Crippen LogP contribution < -0.4 is 4.90 Å². The Labute approximate surface area is 145 Å². The van der Waals surface area contributed by atoms with Crippen LogP contribution in [0.5, 0.6) is 0 Å². The van der Waals surface area contributed by atoms with Gasteiger partial charge in [0.2, 0.25) is 0 Å². The normalized spacial score (nSPS) is 17.5. The van der Waals surface area contributed by atoms with Crippen LogP contribution in [0, 0.1) is 6.92 Å². The van der Waals surface area contributed by atoms with Gasteiger partial charge in [-0.05, 0) is 43.7 Å². The standard InChI is InChI=1S/C19H16ClNO3/c1-11-3-9-15(10-4-11)21-17(13-5-7-14(20)8-6-13)16(12(2)22)18(23)19(21)24/h3-10,17,23H,1-2H3. The van der Waals surface area contributed by atoms with E-state index in [9.17, 15) is 14.7 Å². The maximum atomic E-state index is 12.6. The Balaban J connectivity index is 2.16. The summed E-state index contributed by atoms with van der Waals surface area (Å²) in [5.74, 6) is -1.41. The zero-order chi connectivity index (χ0) is 17.4. The molecule has 24 heavy (non-hydrogen) atoms. The first-order chi connectivity index (χ1) is 11.4. The van der Waals surface area contributed by atoms with Crippen LogP contribution in [0.3, 0.4) is 0 Å². The Bertz CT molecular complexity index is 838. The largest absolute Gasteiger partial charge is 0.503 e. The molecule has 0 fully saturated rings. The van der Waals surface area contributed by atoms with E-state index in [-0.39, 0.29) is 11.4 Å². The SMILES string of the molecule is CC(=O)C1=C(O)C(=O)N(c2ccc(C)cc2)C1c1ccc(Cl)cc1. The van der Waals surface area contributed by atoms with Crippen LogP contribution >= 0.6 is 11.6 Å². The maximum Gasteiger partial charge on any atom is 0.294 e. The molecule has 1 heterocycles. The molecular formula is C19H16ClNO3. The molecule has 1 atom stereocenters. The number of aliphatic hydroxyl groups is 1. The number of hydrogen-bond donors (Lipinski definition) is 1. The van der Waals surface area contributed by atoms with Gasteiger partial charge in [0.15, 0.2) is 11.5 Å². The monoisotopic (exact) mass is 341 g/mol. The molecule has 1 unspecified atom stereocenters. The van der Waals surface area contributed by atoms with Gasteiger partial charge in [-0.15, -0.1) is 0 Å². The third-order valence-corrected chi connectivity index (χ3v) is 4.34. The summed E-state index contributed by atoms with van der Waals surface area (Å²) in [6.45, 7) is 3.30. The van der Waals surface area contributed by atoms with E-state index in [1.54, 1.807) is 36.4 Å². The topological polar surface area (TPSA) is 57.6 Å². The Morgan fingerprint density at radius 2 is 1.67 bits per heavy atom. The molecule has 0 aliphatic carbocycles. The molecule has 4 nitrogen and oxygen atoms in total. The minimum absolute atomic E-state index is 0.0999. The summed E-state index contributed by atoms with van der Waals surface area (Å²) in [6, 6.07) is 13.6. The smallest absolute Gasteiger partial charge is 0.294 e. The van der Waals surface area contributed by atoms with Crippen LogP contribution in [0.25, 0.3) is 0 Å². The van der Waals surface area contributed by atoms with Crippen LogP contribution in [-0.4, -0.2) is 16.8 Å². The molecule has 1 amide bonds. The van der Waals surface area contributed by atoms with Crippen molar-refractivity contribution in [3.63, 3.8) is 0 Å². The number of halogens is 1. The van der Waals surface area contributed by atoms with Gasteiger partial charge < -0.3 is 5.11 Å². The van der Waals surface area contributed by atoms with Gasteiger partial charge >= 0.3 is 0 Å². The molecule has 0 radical (unpaired) electrons. The molecule has 1 N–H and O–H groups in total. The molecule has 0 saturated heterocycles. The lowest BCUT2D eigenvalue weighted by Gasteiger charge is -2.26. The summed E-state index contributed by atoms with van der Waals surface area (Å²) in [5.41, 5.74) is 2.48. The molecule has 5 heteroatoms. The second-order valence-electron chi connectivity index (χ2n) is 5.78. The predicted molar refractivity (Wildman–Crippen MR) is 93.2 cm³/mol. The van der Waals surface area contributed by atoms with Crippen LogP contribution in [-0.2, 0) is 9.59 Å². The Morgan fingerprint density at radius 3 is 2.21 bits per heavy atom. The summed E-state index contributed by atoms with van der Waals surface area (Å²) < 4.78 is 0. The van der Waals surface area contributed by atoms with Gasteiger partial charge in [0.1, 0.15) is 0 Å². The van der Waals surface area contributed by atoms with Crippen molar-refractivity contribution >= 4 is 29.0 Å². The zero-order valence-electron chi connectivity index (χ0n) is 13.3. The average molecular weight is 342 g/mol. The van der Waals surface area contributed by atoms with Crippen molar-refractivity contribution in [1.29, 1.82) is 0 Å². The molecule has 1 aliphatic heterocycles. The molecule has 1 aliphatic rings. The first-order valence-electron chi connectivity index (χ1n) is 7.50. The van der Waals surface area contributed by atoms with Crippen molar-refractivity contribution in [3.8, 4) is 0 Å². The lowest BCUT2D eigenvalue weighted by molar-refractivity contribution is -0.117. The Hall–Kier alpha value is -2.59. The van der Waals surface area contributed by atoms with Gasteiger partial charge in [0, 0.05) is 10.7 Å². The van der Waals surface area contributed by atoms with E-state index in [2.05, 4.69) is 0 Å². The average Bonchev–Trinajstić information content (AvgIpc) is 2.81. The number of carbonyl (C=O) groups excluding carboxylic acids is 2. The fraction of sp³-hybridized carbons (Fsp3) is 0.158. The van der Waals surface area contributed by atoms with E-state index in [0.717, 1.165) is 5.56 Å². The molecule has 0 aromatic heterocycles. The number of amides is 1. The predicted octanol–water partition coefficient (Wildman–Crippen LogP) is 4.14. The van der Waals surface area contributed by atoms with Gasteiger partial charge in [-0.2, -0.15) is 0 Å². The zero-order valence-corrected chi connectivity index (χ0v) is 14.0. The molecule has 122 valence electrons. The van der Waals surface area contributed by atoms with Crippen LogP contribution in [0.2, 0.25) is 5.02 Å². The highest BCUT2D eigenvalue weighted by Crippen LogP contribution is 2.41. The van der Waals surface area contributed by atoms with Crippen LogP contribution in [0.4, 0.5) is 5.69 Å². The first-order valence-corrected chi connectivity index (χ1v) is 7.87. The molecule has 2 aromatic rings. The highest BCUT2D eigenvalue weighted by molar-refractivity contribution is 6.30. The number of hydrogen-bond acceptors (Lipinski definition) is 3. The van der Waals surface area contributed by atoms with E-state index in [1.807, 2.05) is 19.1 Å². The van der Waals surface area contributed by atoms with Gasteiger partial charge in [-0.25, -0.2) is 0 Å². The third-order valence-electron chi connectivity index (χ3n) is 4.09. The van der Waals surface area contributed by atoms with Gasteiger partial charge in [0.25, 0.3) is 5.91 Å². The fourth-order valence-corrected chi connectivity index (χ4v) is 3.02. The summed E-state index contributed by atoms with van der Waals surface area (Å²) >= 11 is 5.94. The third kappa shape index (κ3) is 2.69. The van der Waals surface area contributed by atoms with Crippen molar-refractivity contribution in [2.24, 2.45) is 0 Å². The van der Waals surface area contributed by atoms with Gasteiger partial charge in [-0.3, -0.25) is 14.5 Å². The minimum atomic E-state index is -0.671. The minimum Gasteiger partial charge on any atom is -0.503 e. The number of benzene rings is 2. The number of rotatable bonds is 3. The van der Waals surface area contributed by atoms with E-state index >= 15 is 0 Å². The maximum absolute atomic E-state index is 12.6. The number of ketones is 1. The highest BCUT2D eigenvalue weighted by Gasteiger charge is 2.43. The van der Waals surface area contributed by atoms with E-state index in [4.69, 9.17) is 11.6 Å². The lowest BCUT2D eigenvalue weighted by Crippen LogP contribution is -2.30. The van der Waals surface area contributed by atoms with Crippen molar-refractivity contribution in [3.05, 3.63) is 76.0 Å². The summed E-state index contributed by atoms with van der Waals surface area (Å²) in [5, 5.41) is 10.8. The number of aryl methyl sites for hydroxylation is 1. The van der Waals surface area contributed by atoms with Crippen molar-refractivity contribution in [2.45, 2.75) is 19.9 Å². The van der Waals surface area contributed by atoms with Crippen molar-refractivity contribution in [2.75, 3.05) is 4.90 Å². The molecule has 2 aromatic carbocycles. The highest BCUT2D eigenvalue weighted by atomic mass is 35.5. The van der Waals surface area contributed by atoms with E-state index in [0.29, 0.717) is 16.3 Å². The number of anilines is 1. The summed E-state index contributed by atoms with van der Waals surface area (Å²) in [6.07, 6.45) is 0. The van der Waals surface area contributed by atoms with Gasteiger partial charge in [-0.1, -0.05) is 41.4 Å². The molecule has 0 saturated carbocycles. The lowest BCUT2D eigenvalue weighted by atomic mass is 9.96. The number of Topliss-reactive ketones (excluding diaryl/α,β-unsaturated/α-hetero) is 1. The number of carbonyl (C=O) groups is 2. The van der Waals surface area contributed by atoms with Crippen molar-refractivity contribution in [1.82, 2.24) is 0 Å². The van der Waals surface area contributed by atoms with Crippen LogP contribution in [0.15, 0.2) is 59.9 Å². The first kappa shape index (κ1) is 16.3. The van der Waals surface area contributed by atoms with Crippen LogP contribution in [0.1, 0.15) is 24.1 Å². The molecule has 0 spiro atoms. The quantitative estimate of drug-likeness (QED) is 0.912. The number of nitrogens with zero attached hydrogens (tertiary/aromatic N) is 1. The second kappa shape index (κ2) is 6.13. The van der Waals surface area contributed by atoms with Gasteiger partial charge in [0.05, 0.1) is 11.6 Å². The summed E-state index contributed by atoms with van der Waals surface area (Å²) in [7, 11) is 0. The van der Waals surface area contributed by atoms with E-state index < -0.39 is 17.7 Å². The van der Waals surface area contributed by atoms with Crippen molar-refractivity contribution < 1.29 is 14.7 Å².